The van der Waals surface area contributed by atoms with Crippen LogP contribution in [0.1, 0.15) is 11.1 Å². The number of hydrogen-bond donors (Lipinski definition) is 0. The highest BCUT2D eigenvalue weighted by atomic mass is 35.5. The van der Waals surface area contributed by atoms with Crippen LogP contribution in [-0.2, 0) is 10.0 Å². The van der Waals surface area contributed by atoms with E-state index >= 15 is 0 Å². The lowest BCUT2D eigenvalue weighted by molar-refractivity contribution is 0.593. The second kappa shape index (κ2) is 6.78. The summed E-state index contributed by atoms with van der Waals surface area (Å²) in [6.45, 7) is 3.54. The third-order valence-electron chi connectivity index (χ3n) is 3.98. The summed E-state index contributed by atoms with van der Waals surface area (Å²) < 4.78 is 27.5. The van der Waals surface area contributed by atoms with Crippen LogP contribution in [0.3, 0.4) is 0 Å². The van der Waals surface area contributed by atoms with Crippen LogP contribution in [0.15, 0.2) is 52.9 Å². The van der Waals surface area contributed by atoms with Crippen molar-refractivity contribution < 1.29 is 8.42 Å². The van der Waals surface area contributed by atoms with E-state index in [1.54, 1.807) is 45.3 Å². The van der Waals surface area contributed by atoms with Gasteiger partial charge in [0, 0.05) is 29.2 Å². The lowest BCUT2D eigenvalue weighted by Crippen LogP contribution is -2.27. The maximum Gasteiger partial charge on any atom is 0.264 e. The quantitative estimate of drug-likeness (QED) is 0.634. The molecular weight excluding hydrogens is 376 g/mol. The number of rotatable bonds is 4. The molecule has 0 saturated heterocycles. The first-order valence-electron chi connectivity index (χ1n) is 7.56. The van der Waals surface area contributed by atoms with Gasteiger partial charge in [-0.05, 0) is 49.2 Å². The fourth-order valence-electron chi connectivity index (χ4n) is 2.52. The number of sulfonamides is 1. The van der Waals surface area contributed by atoms with E-state index < -0.39 is 10.0 Å². The Morgan fingerprint density at radius 1 is 1.12 bits per heavy atom. The number of benzene rings is 2. The Kier molecular flexibility index (Phi) is 4.86. The van der Waals surface area contributed by atoms with Crippen molar-refractivity contribution in [1.29, 1.82) is 0 Å². The molecule has 3 rings (SSSR count). The summed E-state index contributed by atoms with van der Waals surface area (Å²) in [4.78, 5) is 4.54. The first-order chi connectivity index (χ1) is 11.8. The van der Waals surface area contributed by atoms with Crippen LogP contribution >= 0.6 is 22.9 Å². The monoisotopic (exact) mass is 392 g/mol. The van der Waals surface area contributed by atoms with Gasteiger partial charge in [-0.2, -0.15) is 0 Å². The van der Waals surface area contributed by atoms with E-state index in [4.69, 9.17) is 11.6 Å². The van der Waals surface area contributed by atoms with Gasteiger partial charge < -0.3 is 0 Å². The second-order valence-corrected chi connectivity index (χ2v) is 8.97. The maximum absolute atomic E-state index is 13.1. The molecular formula is C18H17ClN2O2S2. The molecule has 1 heterocycles. The van der Waals surface area contributed by atoms with E-state index in [9.17, 15) is 8.42 Å². The lowest BCUT2D eigenvalue weighted by Gasteiger charge is -2.21. The molecule has 0 spiro atoms. The molecule has 130 valence electrons. The third-order valence-corrected chi connectivity index (χ3v) is 7.14. The highest BCUT2D eigenvalue weighted by Crippen LogP contribution is 2.31. The standard InChI is InChI=1S/C18H17ClN2O2S2/c1-12-10-17(13(2)9-16(12)19)25(22,23)21(3)15-6-4-5-14(11-15)18-20-7-8-24-18/h4-11H,1-3H3. The molecule has 0 bridgehead atoms. The molecule has 0 amide bonds. The minimum absolute atomic E-state index is 0.261. The van der Waals surface area contributed by atoms with Crippen LogP contribution in [0.4, 0.5) is 5.69 Å². The van der Waals surface area contributed by atoms with Crippen molar-refractivity contribution in [2.45, 2.75) is 18.7 Å². The summed E-state index contributed by atoms with van der Waals surface area (Å²) >= 11 is 7.61. The van der Waals surface area contributed by atoms with E-state index in [1.807, 2.05) is 23.6 Å². The van der Waals surface area contributed by atoms with Gasteiger partial charge in [0.25, 0.3) is 10.0 Å². The molecule has 3 aromatic rings. The largest absolute Gasteiger partial charge is 0.269 e. The molecule has 7 heteroatoms. The molecule has 0 atom stereocenters. The zero-order chi connectivity index (χ0) is 18.2. The topological polar surface area (TPSA) is 50.3 Å². The Hall–Kier alpha value is -1.89. The van der Waals surface area contributed by atoms with E-state index in [0.29, 0.717) is 16.3 Å². The number of anilines is 1. The normalized spacial score (nSPS) is 11.5. The smallest absolute Gasteiger partial charge is 0.264 e. The first kappa shape index (κ1) is 17.9. The minimum Gasteiger partial charge on any atom is -0.269 e. The van der Waals surface area contributed by atoms with Gasteiger partial charge in [-0.1, -0.05) is 23.7 Å². The molecule has 0 aliphatic rings. The summed E-state index contributed by atoms with van der Waals surface area (Å²) in [6, 6.07) is 10.7. The van der Waals surface area contributed by atoms with Gasteiger partial charge in [0.1, 0.15) is 5.01 Å². The Labute approximate surface area is 156 Å². The summed E-state index contributed by atoms with van der Waals surface area (Å²) in [7, 11) is -2.13. The van der Waals surface area contributed by atoms with E-state index in [-0.39, 0.29) is 4.90 Å². The van der Waals surface area contributed by atoms with Crippen molar-refractivity contribution >= 4 is 38.6 Å². The summed E-state index contributed by atoms with van der Waals surface area (Å²) in [5.74, 6) is 0. The van der Waals surface area contributed by atoms with Gasteiger partial charge in [0.05, 0.1) is 10.6 Å². The van der Waals surface area contributed by atoms with Crippen LogP contribution in [0, 0.1) is 13.8 Å². The van der Waals surface area contributed by atoms with Crippen LogP contribution in [0.2, 0.25) is 5.02 Å². The third kappa shape index (κ3) is 3.42. The summed E-state index contributed by atoms with van der Waals surface area (Å²) in [5.41, 5.74) is 2.83. The molecule has 4 nitrogen and oxygen atoms in total. The van der Waals surface area contributed by atoms with Crippen molar-refractivity contribution in [2.75, 3.05) is 11.4 Å². The number of thiazole rings is 1. The Morgan fingerprint density at radius 2 is 1.88 bits per heavy atom. The first-order valence-corrected chi connectivity index (χ1v) is 10.3. The zero-order valence-corrected chi connectivity index (χ0v) is 16.4. The average Bonchev–Trinajstić information content (AvgIpc) is 3.12. The van der Waals surface area contributed by atoms with Gasteiger partial charge >= 0.3 is 0 Å². The SMILES string of the molecule is Cc1cc(S(=O)(=O)N(C)c2cccc(-c3nccs3)c2)c(C)cc1Cl. The lowest BCUT2D eigenvalue weighted by atomic mass is 10.2. The van der Waals surface area contributed by atoms with Crippen LogP contribution < -0.4 is 4.31 Å². The van der Waals surface area contributed by atoms with Crippen LogP contribution in [0.25, 0.3) is 10.6 Å². The molecule has 0 fully saturated rings. The fraction of sp³-hybridized carbons (Fsp3) is 0.167. The van der Waals surface area contributed by atoms with Gasteiger partial charge in [0.2, 0.25) is 0 Å². The van der Waals surface area contributed by atoms with Crippen molar-refractivity contribution in [3.8, 4) is 10.6 Å². The number of aromatic nitrogens is 1. The predicted octanol–water partition coefficient (Wildman–Crippen LogP) is 4.91. The summed E-state index contributed by atoms with van der Waals surface area (Å²) in [5, 5.41) is 3.30. The molecule has 0 unspecified atom stereocenters. The van der Waals surface area contributed by atoms with Crippen LogP contribution in [0.5, 0.6) is 0 Å². The maximum atomic E-state index is 13.1. The predicted molar refractivity (Wildman–Crippen MR) is 104 cm³/mol. The highest BCUT2D eigenvalue weighted by Gasteiger charge is 2.24. The summed E-state index contributed by atoms with van der Waals surface area (Å²) in [6.07, 6.45) is 1.73. The molecule has 1 aromatic heterocycles. The van der Waals surface area contributed by atoms with Crippen LogP contribution in [-0.4, -0.2) is 20.4 Å². The molecule has 0 saturated carbocycles. The minimum atomic E-state index is -3.69. The Morgan fingerprint density at radius 3 is 2.56 bits per heavy atom. The van der Waals surface area contributed by atoms with Crippen molar-refractivity contribution in [1.82, 2.24) is 4.98 Å². The molecule has 0 radical (unpaired) electrons. The highest BCUT2D eigenvalue weighted by molar-refractivity contribution is 7.92. The zero-order valence-electron chi connectivity index (χ0n) is 14.0. The fourth-order valence-corrected chi connectivity index (χ4v) is 4.85. The average molecular weight is 393 g/mol. The van der Waals surface area contributed by atoms with E-state index in [0.717, 1.165) is 16.1 Å². The molecule has 0 N–H and O–H groups in total. The van der Waals surface area contributed by atoms with Gasteiger partial charge in [0.15, 0.2) is 0 Å². The Bertz CT molecular complexity index is 1020. The van der Waals surface area contributed by atoms with Gasteiger partial charge in [-0.3, -0.25) is 4.31 Å². The second-order valence-electron chi connectivity index (χ2n) is 5.73. The number of aryl methyl sites for hydroxylation is 2. The molecule has 2 aromatic carbocycles. The van der Waals surface area contributed by atoms with E-state index in [2.05, 4.69) is 4.98 Å². The van der Waals surface area contributed by atoms with Crippen molar-refractivity contribution in [2.24, 2.45) is 0 Å². The van der Waals surface area contributed by atoms with Crippen molar-refractivity contribution in [3.63, 3.8) is 0 Å². The molecule has 0 aliphatic carbocycles. The van der Waals surface area contributed by atoms with E-state index in [1.165, 1.54) is 15.6 Å². The molecule has 25 heavy (non-hydrogen) atoms. The van der Waals surface area contributed by atoms with Crippen molar-refractivity contribution in [3.05, 3.63) is 64.1 Å². The number of hydrogen-bond acceptors (Lipinski definition) is 4. The Balaban J connectivity index is 2.04. The number of nitrogens with zero attached hydrogens (tertiary/aromatic N) is 2. The molecule has 0 aliphatic heterocycles. The number of halogens is 1. The van der Waals surface area contributed by atoms with Gasteiger partial charge in [-0.15, -0.1) is 11.3 Å². The van der Waals surface area contributed by atoms with Gasteiger partial charge in [-0.25, -0.2) is 13.4 Å².